The van der Waals surface area contributed by atoms with Crippen molar-refractivity contribution in [1.82, 2.24) is 19.6 Å². The maximum atomic E-state index is 10.5. The number of likely N-dealkylation sites (tertiary alicyclic amines) is 2. The quantitative estimate of drug-likeness (QED) is 0.864. The molecule has 2 fully saturated rings. The van der Waals surface area contributed by atoms with Gasteiger partial charge in [0, 0.05) is 31.5 Å². The Labute approximate surface area is 133 Å². The van der Waals surface area contributed by atoms with Crippen LogP contribution in [0.4, 0.5) is 0 Å². The summed E-state index contributed by atoms with van der Waals surface area (Å²) in [6, 6.07) is 2.50. The molecule has 2 aliphatic rings. The number of aromatic nitrogens is 2. The molecule has 2 saturated heterocycles. The van der Waals surface area contributed by atoms with Gasteiger partial charge in [-0.2, -0.15) is 5.10 Å². The van der Waals surface area contributed by atoms with Gasteiger partial charge in [0.1, 0.15) is 0 Å². The monoisotopic (exact) mass is 306 g/mol. The van der Waals surface area contributed by atoms with E-state index in [1.807, 2.05) is 23.1 Å². The van der Waals surface area contributed by atoms with E-state index in [1.54, 1.807) is 0 Å². The van der Waals surface area contributed by atoms with Gasteiger partial charge in [0.15, 0.2) is 0 Å². The molecule has 1 N–H and O–H groups in total. The van der Waals surface area contributed by atoms with Gasteiger partial charge < -0.3 is 10.0 Å². The second-order valence-corrected chi connectivity index (χ2v) is 7.16. The molecule has 5 heteroatoms. The SMILES string of the molecule is CC1CCN(CC(O)CN2CCCC2Cn2cccn2)CC1. The molecule has 1 aromatic heterocycles. The first kappa shape index (κ1) is 16.0. The van der Waals surface area contributed by atoms with E-state index < -0.39 is 0 Å². The van der Waals surface area contributed by atoms with E-state index in [2.05, 4.69) is 21.8 Å². The van der Waals surface area contributed by atoms with Crippen molar-refractivity contribution in [2.45, 2.75) is 51.3 Å². The zero-order chi connectivity index (χ0) is 15.4. The van der Waals surface area contributed by atoms with Crippen LogP contribution in [-0.4, -0.2) is 69.6 Å². The minimum absolute atomic E-state index is 0.230. The van der Waals surface area contributed by atoms with Crippen LogP contribution in [0.1, 0.15) is 32.6 Å². The molecule has 2 aliphatic heterocycles. The van der Waals surface area contributed by atoms with Crippen molar-refractivity contribution in [2.75, 3.05) is 32.7 Å². The van der Waals surface area contributed by atoms with Crippen LogP contribution in [0.5, 0.6) is 0 Å². The molecule has 22 heavy (non-hydrogen) atoms. The molecule has 0 spiro atoms. The molecule has 1 aromatic rings. The zero-order valence-corrected chi connectivity index (χ0v) is 13.8. The number of aliphatic hydroxyl groups excluding tert-OH is 1. The third kappa shape index (κ3) is 4.31. The molecule has 3 rings (SSSR count). The second-order valence-electron chi connectivity index (χ2n) is 7.16. The van der Waals surface area contributed by atoms with Crippen molar-refractivity contribution in [3.05, 3.63) is 18.5 Å². The van der Waals surface area contributed by atoms with Crippen LogP contribution in [0.25, 0.3) is 0 Å². The first-order valence-corrected chi connectivity index (χ1v) is 8.82. The summed E-state index contributed by atoms with van der Waals surface area (Å²) < 4.78 is 2.02. The van der Waals surface area contributed by atoms with Crippen molar-refractivity contribution >= 4 is 0 Å². The average molecular weight is 306 g/mol. The number of nitrogens with zero attached hydrogens (tertiary/aromatic N) is 4. The van der Waals surface area contributed by atoms with Gasteiger partial charge in [-0.15, -0.1) is 0 Å². The standard InChI is InChI=1S/C17H30N4O/c1-15-5-10-19(11-6-15)13-17(22)14-20-8-2-4-16(20)12-21-9-3-7-18-21/h3,7,9,15-17,22H,2,4-6,8,10-14H2,1H3. The fourth-order valence-corrected chi connectivity index (χ4v) is 3.84. The topological polar surface area (TPSA) is 44.5 Å². The summed E-state index contributed by atoms with van der Waals surface area (Å²) in [6.07, 6.45) is 8.64. The van der Waals surface area contributed by atoms with Crippen molar-refractivity contribution in [1.29, 1.82) is 0 Å². The van der Waals surface area contributed by atoms with Crippen LogP contribution < -0.4 is 0 Å². The Bertz CT molecular complexity index is 428. The van der Waals surface area contributed by atoms with E-state index in [4.69, 9.17) is 0 Å². The van der Waals surface area contributed by atoms with Crippen LogP contribution in [0.2, 0.25) is 0 Å². The molecule has 2 atom stereocenters. The highest BCUT2D eigenvalue weighted by Crippen LogP contribution is 2.20. The van der Waals surface area contributed by atoms with E-state index in [9.17, 15) is 5.11 Å². The third-order valence-electron chi connectivity index (χ3n) is 5.25. The second kappa shape index (κ2) is 7.57. The van der Waals surface area contributed by atoms with E-state index >= 15 is 0 Å². The summed E-state index contributed by atoms with van der Waals surface area (Å²) in [7, 11) is 0. The van der Waals surface area contributed by atoms with Gasteiger partial charge in [-0.3, -0.25) is 9.58 Å². The number of β-amino-alcohol motifs (C(OH)–C–C–N with tert-alkyl or cyclic N) is 1. The van der Waals surface area contributed by atoms with Gasteiger partial charge in [0.25, 0.3) is 0 Å². The lowest BCUT2D eigenvalue weighted by molar-refractivity contribution is 0.0553. The maximum absolute atomic E-state index is 10.5. The number of piperidine rings is 1. The molecule has 3 heterocycles. The Morgan fingerprint density at radius 2 is 2.00 bits per heavy atom. The number of hydrogen-bond donors (Lipinski definition) is 1. The highest BCUT2D eigenvalue weighted by molar-refractivity contribution is 4.85. The summed E-state index contributed by atoms with van der Waals surface area (Å²) in [4.78, 5) is 4.89. The van der Waals surface area contributed by atoms with Crippen LogP contribution in [0, 0.1) is 5.92 Å². The highest BCUT2D eigenvalue weighted by Gasteiger charge is 2.27. The molecule has 0 bridgehead atoms. The molecular formula is C17H30N4O. The van der Waals surface area contributed by atoms with Crippen LogP contribution >= 0.6 is 0 Å². The Morgan fingerprint density at radius 3 is 2.73 bits per heavy atom. The lowest BCUT2D eigenvalue weighted by atomic mass is 9.99. The minimum Gasteiger partial charge on any atom is -0.390 e. The van der Waals surface area contributed by atoms with Gasteiger partial charge in [0.05, 0.1) is 12.6 Å². The van der Waals surface area contributed by atoms with E-state index in [0.29, 0.717) is 6.04 Å². The van der Waals surface area contributed by atoms with E-state index in [-0.39, 0.29) is 6.10 Å². The number of aliphatic hydroxyl groups is 1. The first-order valence-electron chi connectivity index (χ1n) is 8.82. The van der Waals surface area contributed by atoms with Crippen LogP contribution in [0.3, 0.4) is 0 Å². The lowest BCUT2D eigenvalue weighted by Gasteiger charge is -2.33. The average Bonchev–Trinajstić information content (AvgIpc) is 3.15. The Hall–Kier alpha value is -0.910. The molecule has 0 aliphatic carbocycles. The Morgan fingerprint density at radius 1 is 1.18 bits per heavy atom. The fraction of sp³-hybridized carbons (Fsp3) is 0.824. The predicted octanol–water partition coefficient (Wildman–Crippen LogP) is 1.44. The van der Waals surface area contributed by atoms with Gasteiger partial charge in [-0.1, -0.05) is 6.92 Å². The summed E-state index contributed by atoms with van der Waals surface area (Å²) >= 11 is 0. The summed E-state index contributed by atoms with van der Waals surface area (Å²) in [5, 5.41) is 14.8. The number of hydrogen-bond acceptors (Lipinski definition) is 4. The van der Waals surface area contributed by atoms with E-state index in [0.717, 1.165) is 45.2 Å². The smallest absolute Gasteiger partial charge is 0.0793 e. The van der Waals surface area contributed by atoms with Gasteiger partial charge >= 0.3 is 0 Å². The van der Waals surface area contributed by atoms with Gasteiger partial charge in [-0.25, -0.2) is 0 Å². The normalized spacial score (nSPS) is 26.5. The summed E-state index contributed by atoms with van der Waals surface area (Å²) in [6.45, 7) is 8.32. The third-order valence-corrected chi connectivity index (χ3v) is 5.25. The molecule has 5 nitrogen and oxygen atoms in total. The van der Waals surface area contributed by atoms with Crippen LogP contribution in [-0.2, 0) is 6.54 Å². The molecule has 0 aromatic carbocycles. The maximum Gasteiger partial charge on any atom is 0.0793 e. The lowest BCUT2D eigenvalue weighted by Crippen LogP contribution is -2.45. The van der Waals surface area contributed by atoms with Crippen molar-refractivity contribution < 1.29 is 5.11 Å². The van der Waals surface area contributed by atoms with Crippen LogP contribution in [0.15, 0.2) is 18.5 Å². The predicted molar refractivity (Wildman–Crippen MR) is 87.7 cm³/mol. The largest absolute Gasteiger partial charge is 0.390 e. The molecule has 0 radical (unpaired) electrons. The fourth-order valence-electron chi connectivity index (χ4n) is 3.84. The first-order chi connectivity index (χ1) is 10.7. The number of rotatable bonds is 6. The molecule has 2 unspecified atom stereocenters. The highest BCUT2D eigenvalue weighted by atomic mass is 16.3. The van der Waals surface area contributed by atoms with Crippen molar-refractivity contribution in [3.8, 4) is 0 Å². The summed E-state index contributed by atoms with van der Waals surface area (Å²) in [5.74, 6) is 0.852. The molecule has 0 saturated carbocycles. The minimum atomic E-state index is -0.230. The van der Waals surface area contributed by atoms with E-state index in [1.165, 1.54) is 25.7 Å². The van der Waals surface area contributed by atoms with Crippen molar-refractivity contribution in [3.63, 3.8) is 0 Å². The van der Waals surface area contributed by atoms with Gasteiger partial charge in [0.2, 0.25) is 0 Å². The Kier molecular flexibility index (Phi) is 5.50. The van der Waals surface area contributed by atoms with Crippen molar-refractivity contribution in [2.24, 2.45) is 5.92 Å². The zero-order valence-electron chi connectivity index (χ0n) is 13.8. The molecule has 124 valence electrons. The Balaban J connectivity index is 1.44. The summed E-state index contributed by atoms with van der Waals surface area (Å²) in [5.41, 5.74) is 0. The van der Waals surface area contributed by atoms with Gasteiger partial charge in [-0.05, 0) is 57.3 Å². The molecule has 0 amide bonds. The molecular weight excluding hydrogens is 276 g/mol.